The summed E-state index contributed by atoms with van der Waals surface area (Å²) in [6, 6.07) is 16.4. The maximum atomic E-state index is 5.46. The van der Waals surface area contributed by atoms with Crippen molar-refractivity contribution in [2.75, 3.05) is 26.3 Å². The molecule has 1 aliphatic heterocycles. The minimum absolute atomic E-state index is 0.734. The van der Waals surface area contributed by atoms with Gasteiger partial charge in [0.05, 0.1) is 25.5 Å². The molecular weight excluding hydrogens is 368 g/mol. The molecule has 4 aromatic rings. The molecule has 0 amide bonds. The predicted molar refractivity (Wildman–Crippen MR) is 112 cm³/mol. The van der Waals surface area contributed by atoms with Crippen LogP contribution in [0.1, 0.15) is 5.82 Å². The Labute approximate surface area is 167 Å². The highest BCUT2D eigenvalue weighted by Crippen LogP contribution is 2.38. The standard InChI is InChI=1S/C22H20N4OS/c1-2-6-16(7-3-1)17-15-28-22-20(17)21(18-8-4-5-9-23-18)24-19(25-22)14-26-10-12-27-13-11-26/h1-9,15H,10-14H2. The minimum atomic E-state index is 0.734. The van der Waals surface area contributed by atoms with Gasteiger partial charge in [0.1, 0.15) is 16.3 Å². The first-order valence-electron chi connectivity index (χ1n) is 9.43. The van der Waals surface area contributed by atoms with Crippen LogP contribution in [0.25, 0.3) is 32.7 Å². The number of nitrogens with zero attached hydrogens (tertiary/aromatic N) is 4. The highest BCUT2D eigenvalue weighted by atomic mass is 32.1. The molecule has 1 saturated heterocycles. The predicted octanol–water partition coefficient (Wildman–Crippen LogP) is 4.25. The Morgan fingerprint density at radius 1 is 0.964 bits per heavy atom. The van der Waals surface area contributed by atoms with E-state index in [-0.39, 0.29) is 0 Å². The Bertz CT molecular complexity index is 1080. The first-order valence-corrected chi connectivity index (χ1v) is 10.3. The molecule has 0 spiro atoms. The summed E-state index contributed by atoms with van der Waals surface area (Å²) in [6.07, 6.45) is 1.82. The van der Waals surface area contributed by atoms with Crippen molar-refractivity contribution in [3.8, 4) is 22.5 Å². The van der Waals surface area contributed by atoms with Gasteiger partial charge < -0.3 is 4.74 Å². The molecule has 3 aromatic heterocycles. The van der Waals surface area contributed by atoms with Crippen molar-refractivity contribution in [2.45, 2.75) is 6.54 Å². The molecule has 1 aliphatic rings. The summed E-state index contributed by atoms with van der Waals surface area (Å²) in [5.74, 6) is 0.844. The van der Waals surface area contributed by atoms with Gasteiger partial charge in [-0.1, -0.05) is 36.4 Å². The van der Waals surface area contributed by atoms with E-state index in [2.05, 4.69) is 39.5 Å². The lowest BCUT2D eigenvalue weighted by atomic mass is 10.0. The van der Waals surface area contributed by atoms with Crippen molar-refractivity contribution in [3.63, 3.8) is 0 Å². The third kappa shape index (κ3) is 3.42. The molecule has 0 radical (unpaired) electrons. The zero-order chi connectivity index (χ0) is 18.8. The number of rotatable bonds is 4. The summed E-state index contributed by atoms with van der Waals surface area (Å²) in [5.41, 5.74) is 4.14. The number of morpholine rings is 1. The van der Waals surface area contributed by atoms with Crippen LogP contribution in [0.4, 0.5) is 0 Å². The summed E-state index contributed by atoms with van der Waals surface area (Å²) in [5, 5.41) is 3.26. The Hall–Kier alpha value is -2.67. The number of aromatic nitrogens is 3. The SMILES string of the molecule is c1ccc(-c2csc3nc(CN4CCOCC4)nc(-c4ccccn4)c23)cc1. The van der Waals surface area contributed by atoms with Crippen molar-refractivity contribution in [1.82, 2.24) is 19.9 Å². The van der Waals surface area contributed by atoms with Crippen LogP contribution < -0.4 is 0 Å². The topological polar surface area (TPSA) is 51.1 Å². The maximum Gasteiger partial charge on any atom is 0.144 e. The Morgan fingerprint density at radius 3 is 2.57 bits per heavy atom. The Kier molecular flexibility index (Phi) is 4.83. The number of pyridine rings is 1. The largest absolute Gasteiger partial charge is 0.379 e. The molecule has 0 bridgehead atoms. The second kappa shape index (κ2) is 7.75. The number of hydrogen-bond acceptors (Lipinski definition) is 6. The average molecular weight is 388 g/mol. The monoisotopic (exact) mass is 388 g/mol. The third-order valence-electron chi connectivity index (χ3n) is 4.94. The number of benzene rings is 1. The molecule has 6 heteroatoms. The molecule has 1 aromatic carbocycles. The maximum absolute atomic E-state index is 5.46. The third-order valence-corrected chi connectivity index (χ3v) is 5.81. The van der Waals surface area contributed by atoms with Gasteiger partial charge in [0, 0.05) is 35.6 Å². The fourth-order valence-electron chi connectivity index (χ4n) is 3.53. The molecule has 4 heterocycles. The van der Waals surface area contributed by atoms with E-state index in [0.29, 0.717) is 0 Å². The zero-order valence-corrected chi connectivity index (χ0v) is 16.2. The minimum Gasteiger partial charge on any atom is -0.379 e. The molecule has 0 atom stereocenters. The van der Waals surface area contributed by atoms with Crippen LogP contribution in [-0.2, 0) is 11.3 Å². The zero-order valence-electron chi connectivity index (χ0n) is 15.4. The highest BCUT2D eigenvalue weighted by Gasteiger charge is 2.19. The van der Waals surface area contributed by atoms with Crippen LogP contribution in [0, 0.1) is 0 Å². The van der Waals surface area contributed by atoms with Crippen LogP contribution >= 0.6 is 11.3 Å². The molecule has 0 saturated carbocycles. The number of hydrogen-bond donors (Lipinski definition) is 0. The lowest BCUT2D eigenvalue weighted by molar-refractivity contribution is 0.0331. The molecule has 1 fully saturated rings. The van der Waals surface area contributed by atoms with Crippen molar-refractivity contribution in [1.29, 1.82) is 0 Å². The fraction of sp³-hybridized carbons (Fsp3) is 0.227. The van der Waals surface area contributed by atoms with Gasteiger partial charge in [0.2, 0.25) is 0 Å². The van der Waals surface area contributed by atoms with Crippen molar-refractivity contribution < 1.29 is 4.74 Å². The van der Waals surface area contributed by atoms with E-state index in [1.54, 1.807) is 11.3 Å². The van der Waals surface area contributed by atoms with E-state index in [1.807, 2.05) is 30.5 Å². The van der Waals surface area contributed by atoms with Gasteiger partial charge in [0.25, 0.3) is 0 Å². The van der Waals surface area contributed by atoms with Gasteiger partial charge in [-0.2, -0.15) is 0 Å². The van der Waals surface area contributed by atoms with Gasteiger partial charge in [-0.25, -0.2) is 9.97 Å². The van der Waals surface area contributed by atoms with Crippen LogP contribution in [0.2, 0.25) is 0 Å². The number of fused-ring (bicyclic) bond motifs is 1. The lowest BCUT2D eigenvalue weighted by Crippen LogP contribution is -2.36. The molecule has 0 unspecified atom stereocenters. The molecule has 28 heavy (non-hydrogen) atoms. The molecule has 5 rings (SSSR count). The first-order chi connectivity index (χ1) is 13.9. The molecule has 140 valence electrons. The average Bonchev–Trinajstić information content (AvgIpc) is 3.19. The molecular formula is C22H20N4OS. The fourth-order valence-corrected chi connectivity index (χ4v) is 4.50. The Morgan fingerprint density at radius 2 is 1.79 bits per heavy atom. The summed E-state index contributed by atoms with van der Waals surface area (Å²) < 4.78 is 5.46. The van der Waals surface area contributed by atoms with Gasteiger partial charge in [-0.3, -0.25) is 9.88 Å². The van der Waals surface area contributed by atoms with E-state index < -0.39 is 0 Å². The van der Waals surface area contributed by atoms with Gasteiger partial charge in [0.15, 0.2) is 0 Å². The second-order valence-corrected chi connectivity index (χ2v) is 7.65. The van der Waals surface area contributed by atoms with Crippen molar-refractivity contribution >= 4 is 21.6 Å². The van der Waals surface area contributed by atoms with Crippen LogP contribution in [0.3, 0.4) is 0 Å². The van der Waals surface area contributed by atoms with E-state index in [0.717, 1.165) is 60.3 Å². The van der Waals surface area contributed by atoms with Crippen LogP contribution in [0.15, 0.2) is 60.1 Å². The quantitative estimate of drug-likeness (QED) is 0.523. The van der Waals surface area contributed by atoms with Crippen LogP contribution in [-0.4, -0.2) is 46.2 Å². The highest BCUT2D eigenvalue weighted by molar-refractivity contribution is 7.17. The molecule has 0 N–H and O–H groups in total. The normalized spacial score (nSPS) is 15.1. The van der Waals surface area contributed by atoms with Crippen LogP contribution in [0.5, 0.6) is 0 Å². The smallest absolute Gasteiger partial charge is 0.144 e. The summed E-state index contributed by atoms with van der Waals surface area (Å²) in [7, 11) is 0. The van der Waals surface area contributed by atoms with E-state index in [9.17, 15) is 0 Å². The number of ether oxygens (including phenoxy) is 1. The van der Waals surface area contributed by atoms with E-state index in [4.69, 9.17) is 14.7 Å². The molecule has 5 nitrogen and oxygen atoms in total. The summed E-state index contributed by atoms with van der Waals surface area (Å²) in [4.78, 5) is 17.8. The lowest BCUT2D eigenvalue weighted by Gasteiger charge is -2.25. The van der Waals surface area contributed by atoms with E-state index >= 15 is 0 Å². The summed E-state index contributed by atoms with van der Waals surface area (Å²) >= 11 is 1.67. The Balaban J connectivity index is 1.65. The van der Waals surface area contributed by atoms with E-state index in [1.165, 1.54) is 11.1 Å². The first kappa shape index (κ1) is 17.4. The van der Waals surface area contributed by atoms with Crippen molar-refractivity contribution in [2.24, 2.45) is 0 Å². The molecule has 0 aliphatic carbocycles. The van der Waals surface area contributed by atoms with Gasteiger partial charge in [-0.05, 0) is 17.7 Å². The van der Waals surface area contributed by atoms with Gasteiger partial charge in [-0.15, -0.1) is 11.3 Å². The van der Waals surface area contributed by atoms with Gasteiger partial charge >= 0.3 is 0 Å². The summed E-state index contributed by atoms with van der Waals surface area (Å²) in [6.45, 7) is 4.11. The van der Waals surface area contributed by atoms with Crippen molar-refractivity contribution in [3.05, 3.63) is 65.9 Å². The second-order valence-electron chi connectivity index (χ2n) is 6.79. The number of thiophene rings is 1.